The quantitative estimate of drug-likeness (QED) is 0.897. The third kappa shape index (κ3) is 5.32. The van der Waals surface area contributed by atoms with Crippen molar-refractivity contribution >= 4 is 5.91 Å². The number of hydrogen-bond acceptors (Lipinski definition) is 4. The molecule has 0 unspecified atom stereocenters. The van der Waals surface area contributed by atoms with E-state index >= 15 is 0 Å². The van der Waals surface area contributed by atoms with Gasteiger partial charge < -0.3 is 10.1 Å². The van der Waals surface area contributed by atoms with Crippen molar-refractivity contribution < 1.29 is 9.53 Å². The van der Waals surface area contributed by atoms with E-state index in [1.807, 2.05) is 4.68 Å². The molecule has 0 spiro atoms. The van der Waals surface area contributed by atoms with E-state index in [9.17, 15) is 4.79 Å². The van der Waals surface area contributed by atoms with Crippen LogP contribution in [0.15, 0.2) is 12.4 Å². The van der Waals surface area contributed by atoms with Gasteiger partial charge in [-0.3, -0.25) is 14.4 Å². The summed E-state index contributed by atoms with van der Waals surface area (Å²) in [6.45, 7) is 14.8. The summed E-state index contributed by atoms with van der Waals surface area (Å²) in [6.07, 6.45) is 3.47. The first-order valence-electron chi connectivity index (χ1n) is 8.43. The Hall–Kier alpha value is -1.40. The Morgan fingerprint density at radius 3 is 2.83 bits per heavy atom. The van der Waals surface area contributed by atoms with Gasteiger partial charge >= 0.3 is 0 Å². The molecular weight excluding hydrogens is 292 g/mol. The largest absolute Gasteiger partial charge is 0.374 e. The van der Waals surface area contributed by atoms with E-state index in [4.69, 9.17) is 4.74 Å². The molecule has 23 heavy (non-hydrogen) atoms. The first-order valence-corrected chi connectivity index (χ1v) is 8.43. The van der Waals surface area contributed by atoms with Crippen molar-refractivity contribution in [3.8, 4) is 0 Å². The lowest BCUT2D eigenvalue weighted by molar-refractivity contribution is -0.0295. The van der Waals surface area contributed by atoms with Gasteiger partial charge in [-0.2, -0.15) is 5.10 Å². The van der Waals surface area contributed by atoms with E-state index in [0.717, 1.165) is 26.2 Å². The molecule has 6 heteroatoms. The molecule has 1 fully saturated rings. The van der Waals surface area contributed by atoms with E-state index < -0.39 is 0 Å². The van der Waals surface area contributed by atoms with Crippen molar-refractivity contribution in [1.82, 2.24) is 20.0 Å². The van der Waals surface area contributed by atoms with Gasteiger partial charge in [-0.25, -0.2) is 0 Å². The van der Waals surface area contributed by atoms with Crippen LogP contribution < -0.4 is 5.32 Å². The molecule has 1 amide bonds. The van der Waals surface area contributed by atoms with Crippen LogP contribution >= 0.6 is 0 Å². The Balaban J connectivity index is 1.83. The Morgan fingerprint density at radius 2 is 2.22 bits per heavy atom. The van der Waals surface area contributed by atoms with Crippen LogP contribution in [0.5, 0.6) is 0 Å². The normalized spacial score (nSPS) is 20.0. The number of amides is 1. The van der Waals surface area contributed by atoms with Gasteiger partial charge in [0.1, 0.15) is 0 Å². The van der Waals surface area contributed by atoms with Crippen LogP contribution in [0.4, 0.5) is 0 Å². The number of carbonyl (C=O) groups is 1. The maximum atomic E-state index is 12.3. The average molecular weight is 322 g/mol. The Labute approximate surface area is 139 Å². The number of ether oxygens (including phenoxy) is 1. The molecule has 2 heterocycles. The molecule has 1 aliphatic rings. The standard InChI is InChI=1S/C17H30N4O2/c1-13(2)10-20-6-7-23-15(12-20)9-18-16(22)14-8-19-21(11-14)17(3,4)5/h8,11,13,15H,6-7,9-10,12H2,1-5H3,(H,18,22)/t15-/m1/s1. The van der Waals surface area contributed by atoms with Crippen LogP contribution in [0.2, 0.25) is 0 Å². The maximum Gasteiger partial charge on any atom is 0.254 e. The summed E-state index contributed by atoms with van der Waals surface area (Å²) in [6, 6.07) is 0. The maximum absolute atomic E-state index is 12.3. The minimum atomic E-state index is -0.123. The number of nitrogens with zero attached hydrogens (tertiary/aromatic N) is 3. The molecule has 2 rings (SSSR count). The summed E-state index contributed by atoms with van der Waals surface area (Å²) in [5.41, 5.74) is 0.470. The summed E-state index contributed by atoms with van der Waals surface area (Å²) in [4.78, 5) is 14.7. The molecule has 0 radical (unpaired) electrons. The molecule has 1 atom stereocenters. The van der Waals surface area contributed by atoms with Crippen molar-refractivity contribution in [2.45, 2.75) is 46.3 Å². The zero-order valence-corrected chi connectivity index (χ0v) is 15.0. The van der Waals surface area contributed by atoms with E-state index in [1.54, 1.807) is 12.4 Å². The van der Waals surface area contributed by atoms with Crippen molar-refractivity contribution in [2.75, 3.05) is 32.8 Å². The second-order valence-electron chi connectivity index (χ2n) is 7.70. The van der Waals surface area contributed by atoms with Crippen molar-refractivity contribution in [3.63, 3.8) is 0 Å². The number of nitrogens with one attached hydrogen (secondary N) is 1. The zero-order chi connectivity index (χ0) is 17.0. The molecule has 6 nitrogen and oxygen atoms in total. The van der Waals surface area contributed by atoms with Gasteiger partial charge in [0.15, 0.2) is 0 Å². The summed E-state index contributed by atoms with van der Waals surface area (Å²) in [7, 11) is 0. The van der Waals surface area contributed by atoms with Crippen LogP contribution in [0.25, 0.3) is 0 Å². The molecule has 1 N–H and O–H groups in total. The minimum Gasteiger partial charge on any atom is -0.374 e. The highest BCUT2D eigenvalue weighted by molar-refractivity contribution is 5.93. The molecule has 1 saturated heterocycles. The second-order valence-corrected chi connectivity index (χ2v) is 7.70. The lowest BCUT2D eigenvalue weighted by Gasteiger charge is -2.33. The molecule has 0 bridgehead atoms. The highest BCUT2D eigenvalue weighted by Gasteiger charge is 2.22. The molecule has 0 aromatic carbocycles. The SMILES string of the molecule is CC(C)CN1CCO[C@H](CNC(=O)c2cnn(C(C)(C)C)c2)C1. The molecule has 0 saturated carbocycles. The van der Waals surface area contributed by atoms with Gasteiger partial charge in [0.2, 0.25) is 0 Å². The van der Waals surface area contributed by atoms with Crippen molar-refractivity contribution in [2.24, 2.45) is 5.92 Å². The Morgan fingerprint density at radius 1 is 1.48 bits per heavy atom. The molecule has 130 valence electrons. The van der Waals surface area contributed by atoms with E-state index in [1.165, 1.54) is 0 Å². The van der Waals surface area contributed by atoms with Gasteiger partial charge in [-0.1, -0.05) is 13.8 Å². The van der Waals surface area contributed by atoms with Crippen LogP contribution in [0.1, 0.15) is 45.0 Å². The summed E-state index contributed by atoms with van der Waals surface area (Å²) < 4.78 is 7.57. The third-order valence-corrected chi connectivity index (χ3v) is 3.87. The van der Waals surface area contributed by atoms with Crippen molar-refractivity contribution in [3.05, 3.63) is 18.0 Å². The highest BCUT2D eigenvalue weighted by Crippen LogP contribution is 2.13. The van der Waals surface area contributed by atoms with Crippen LogP contribution in [-0.2, 0) is 10.3 Å². The highest BCUT2D eigenvalue weighted by atomic mass is 16.5. The van der Waals surface area contributed by atoms with E-state index in [2.05, 4.69) is 49.9 Å². The Kier molecular flexibility index (Phi) is 5.81. The fourth-order valence-corrected chi connectivity index (χ4v) is 2.70. The van der Waals surface area contributed by atoms with Gasteiger partial charge in [-0.05, 0) is 26.7 Å². The monoisotopic (exact) mass is 322 g/mol. The van der Waals surface area contributed by atoms with Gasteiger partial charge in [-0.15, -0.1) is 0 Å². The molecular formula is C17H30N4O2. The summed E-state index contributed by atoms with van der Waals surface area (Å²) in [5.74, 6) is 0.552. The molecule has 1 aliphatic heterocycles. The second kappa shape index (κ2) is 7.45. The molecule has 1 aromatic rings. The minimum absolute atomic E-state index is 0.0594. The topological polar surface area (TPSA) is 59.4 Å². The van der Waals surface area contributed by atoms with E-state index in [-0.39, 0.29) is 17.6 Å². The lowest BCUT2D eigenvalue weighted by Crippen LogP contribution is -2.48. The van der Waals surface area contributed by atoms with Crippen molar-refractivity contribution in [1.29, 1.82) is 0 Å². The predicted octanol–water partition coefficient (Wildman–Crippen LogP) is 1.72. The summed E-state index contributed by atoms with van der Waals surface area (Å²) >= 11 is 0. The van der Waals surface area contributed by atoms with Gasteiger partial charge in [0.25, 0.3) is 5.91 Å². The number of rotatable bonds is 5. The Bertz CT molecular complexity index is 519. The smallest absolute Gasteiger partial charge is 0.254 e. The number of morpholine rings is 1. The van der Waals surface area contributed by atoms with E-state index in [0.29, 0.717) is 18.0 Å². The average Bonchev–Trinajstić information content (AvgIpc) is 2.94. The predicted molar refractivity (Wildman–Crippen MR) is 90.6 cm³/mol. The molecule has 0 aliphatic carbocycles. The van der Waals surface area contributed by atoms with Gasteiger partial charge in [0, 0.05) is 32.4 Å². The van der Waals surface area contributed by atoms with Crippen LogP contribution in [-0.4, -0.2) is 59.5 Å². The fourth-order valence-electron chi connectivity index (χ4n) is 2.70. The lowest BCUT2D eigenvalue weighted by atomic mass is 10.1. The number of hydrogen-bond donors (Lipinski definition) is 1. The number of aromatic nitrogens is 2. The first kappa shape index (κ1) is 17.9. The van der Waals surface area contributed by atoms with Crippen LogP contribution in [0.3, 0.4) is 0 Å². The fraction of sp³-hybridized carbons (Fsp3) is 0.765. The first-order chi connectivity index (χ1) is 10.8. The molecule has 1 aromatic heterocycles. The summed E-state index contributed by atoms with van der Waals surface area (Å²) in [5, 5.41) is 7.23. The van der Waals surface area contributed by atoms with Gasteiger partial charge in [0.05, 0.1) is 30.0 Å². The number of carbonyl (C=O) groups excluding carboxylic acids is 1. The zero-order valence-electron chi connectivity index (χ0n) is 15.0. The van der Waals surface area contributed by atoms with Crippen LogP contribution in [0, 0.1) is 5.92 Å². The third-order valence-electron chi connectivity index (χ3n) is 3.87.